The van der Waals surface area contributed by atoms with Crippen molar-refractivity contribution in [2.45, 2.75) is 64.6 Å². The Balaban J connectivity index is 2.25. The van der Waals surface area contributed by atoms with Gasteiger partial charge in [0, 0.05) is 12.2 Å². The lowest BCUT2D eigenvalue weighted by Crippen LogP contribution is -2.27. The second kappa shape index (κ2) is 8.56. The van der Waals surface area contributed by atoms with Gasteiger partial charge < -0.3 is 14.2 Å². The monoisotopic (exact) mass is 312 g/mol. The first-order valence-corrected chi connectivity index (χ1v) is 7.53. The summed E-state index contributed by atoms with van der Waals surface area (Å²) in [5, 5.41) is 0. The minimum Gasteiger partial charge on any atom is -0.459 e. The van der Waals surface area contributed by atoms with E-state index in [0.29, 0.717) is 0 Å². The molecule has 0 radical (unpaired) electrons. The van der Waals surface area contributed by atoms with Gasteiger partial charge in [0.2, 0.25) is 0 Å². The summed E-state index contributed by atoms with van der Waals surface area (Å²) in [6, 6.07) is 0. The molecule has 1 aliphatic carbocycles. The molecule has 124 valence electrons. The van der Waals surface area contributed by atoms with Gasteiger partial charge in [-0.3, -0.25) is 0 Å². The molecule has 1 saturated carbocycles. The van der Waals surface area contributed by atoms with E-state index in [-0.39, 0.29) is 6.10 Å². The van der Waals surface area contributed by atoms with E-state index < -0.39 is 30.1 Å². The normalized spacial score (nSPS) is 16.3. The van der Waals surface area contributed by atoms with Crippen molar-refractivity contribution >= 4 is 17.9 Å². The maximum Gasteiger partial charge on any atom is 0.344 e. The highest BCUT2D eigenvalue weighted by molar-refractivity contribution is 5.92. The lowest BCUT2D eigenvalue weighted by Gasteiger charge is -2.20. The highest BCUT2D eigenvalue weighted by Crippen LogP contribution is 2.20. The van der Waals surface area contributed by atoms with Crippen LogP contribution >= 0.6 is 0 Å². The summed E-state index contributed by atoms with van der Waals surface area (Å²) in [6.07, 6.45) is 6.91. The fourth-order valence-electron chi connectivity index (χ4n) is 2.07. The molecule has 22 heavy (non-hydrogen) atoms. The maximum atomic E-state index is 11.5. The van der Waals surface area contributed by atoms with Gasteiger partial charge in [-0.2, -0.15) is 0 Å². The lowest BCUT2D eigenvalue weighted by molar-refractivity contribution is -0.164. The molecule has 0 aromatic rings. The summed E-state index contributed by atoms with van der Waals surface area (Å²) in [6.45, 7) is 4.66. The Bertz CT molecular complexity index is 426. The Morgan fingerprint density at radius 2 is 1.59 bits per heavy atom. The summed E-state index contributed by atoms with van der Waals surface area (Å²) in [7, 11) is 0. The lowest BCUT2D eigenvalue weighted by atomic mass is 9.98. The summed E-state index contributed by atoms with van der Waals surface area (Å²) >= 11 is 0. The van der Waals surface area contributed by atoms with Gasteiger partial charge >= 0.3 is 17.9 Å². The molecule has 1 fully saturated rings. The highest BCUT2D eigenvalue weighted by Gasteiger charge is 2.18. The van der Waals surface area contributed by atoms with Gasteiger partial charge in [-0.1, -0.05) is 6.42 Å². The Morgan fingerprint density at radius 1 is 1.00 bits per heavy atom. The van der Waals surface area contributed by atoms with Gasteiger partial charge in [-0.25, -0.2) is 14.4 Å². The minimum absolute atomic E-state index is 0.0660. The molecular formula is C16H24O6. The molecule has 1 rings (SSSR count). The molecule has 6 heteroatoms. The molecular weight excluding hydrogens is 288 g/mol. The molecule has 0 N–H and O–H groups in total. The van der Waals surface area contributed by atoms with Gasteiger partial charge in [0.25, 0.3) is 0 Å². The zero-order valence-corrected chi connectivity index (χ0v) is 13.4. The van der Waals surface area contributed by atoms with E-state index in [1.165, 1.54) is 6.42 Å². The van der Waals surface area contributed by atoms with Crippen molar-refractivity contribution in [2.75, 3.05) is 6.61 Å². The van der Waals surface area contributed by atoms with E-state index in [9.17, 15) is 14.4 Å². The van der Waals surface area contributed by atoms with Gasteiger partial charge in [-0.15, -0.1) is 0 Å². The SMILES string of the molecule is CC(C)(C)OC(=O)COC(=O)/C=C/C(=O)OC1CCCCC1. The zero-order chi connectivity index (χ0) is 16.6. The number of ether oxygens (including phenoxy) is 3. The van der Waals surface area contributed by atoms with Crippen LogP contribution in [0.3, 0.4) is 0 Å². The van der Waals surface area contributed by atoms with Crippen LogP contribution in [-0.2, 0) is 28.6 Å². The van der Waals surface area contributed by atoms with Crippen LogP contribution in [0.5, 0.6) is 0 Å². The predicted octanol–water partition coefficient (Wildman–Crippen LogP) is 2.30. The highest BCUT2D eigenvalue weighted by atomic mass is 16.6. The standard InChI is InChI=1S/C16H24O6/c1-16(2,3)22-15(19)11-20-13(17)9-10-14(18)21-12-7-5-4-6-8-12/h9-10,12H,4-8,11H2,1-3H3/b10-9+. The van der Waals surface area contributed by atoms with E-state index in [1.807, 2.05) is 0 Å². The van der Waals surface area contributed by atoms with Crippen molar-refractivity contribution in [3.8, 4) is 0 Å². The Morgan fingerprint density at radius 3 is 2.18 bits per heavy atom. The van der Waals surface area contributed by atoms with E-state index in [1.54, 1.807) is 20.8 Å². The summed E-state index contributed by atoms with van der Waals surface area (Å²) in [5.74, 6) is -1.99. The third-order valence-corrected chi connectivity index (χ3v) is 2.94. The van der Waals surface area contributed by atoms with Gasteiger partial charge in [0.15, 0.2) is 6.61 Å². The number of hydrogen-bond acceptors (Lipinski definition) is 6. The first-order chi connectivity index (χ1) is 10.3. The molecule has 0 aromatic heterocycles. The fraction of sp³-hybridized carbons (Fsp3) is 0.688. The number of hydrogen-bond donors (Lipinski definition) is 0. The summed E-state index contributed by atoms with van der Waals surface area (Å²) in [5.41, 5.74) is -0.636. The second-order valence-electron chi connectivity index (χ2n) is 6.22. The van der Waals surface area contributed by atoms with Crippen LogP contribution in [0.25, 0.3) is 0 Å². The average Bonchev–Trinajstić information content (AvgIpc) is 2.42. The van der Waals surface area contributed by atoms with Crippen LogP contribution in [0, 0.1) is 0 Å². The summed E-state index contributed by atoms with van der Waals surface area (Å²) in [4.78, 5) is 34.3. The van der Waals surface area contributed by atoms with Crippen LogP contribution in [0.2, 0.25) is 0 Å². The van der Waals surface area contributed by atoms with Crippen LogP contribution < -0.4 is 0 Å². The molecule has 0 saturated heterocycles. The van der Waals surface area contributed by atoms with Crippen LogP contribution in [-0.4, -0.2) is 36.2 Å². The molecule has 0 spiro atoms. The van der Waals surface area contributed by atoms with Crippen molar-refractivity contribution in [1.29, 1.82) is 0 Å². The molecule has 0 unspecified atom stereocenters. The maximum absolute atomic E-state index is 11.5. The molecule has 6 nitrogen and oxygen atoms in total. The van der Waals surface area contributed by atoms with Gasteiger partial charge in [-0.05, 0) is 46.5 Å². The smallest absolute Gasteiger partial charge is 0.344 e. The van der Waals surface area contributed by atoms with E-state index in [4.69, 9.17) is 9.47 Å². The van der Waals surface area contributed by atoms with E-state index >= 15 is 0 Å². The predicted molar refractivity (Wildman–Crippen MR) is 78.9 cm³/mol. The van der Waals surface area contributed by atoms with Crippen LogP contribution in [0.1, 0.15) is 52.9 Å². The molecule has 0 heterocycles. The second-order valence-corrected chi connectivity index (χ2v) is 6.22. The Labute approximate surface area is 130 Å². The third-order valence-electron chi connectivity index (χ3n) is 2.94. The van der Waals surface area contributed by atoms with Gasteiger partial charge in [0.1, 0.15) is 11.7 Å². The topological polar surface area (TPSA) is 78.9 Å². The first-order valence-electron chi connectivity index (χ1n) is 7.53. The van der Waals surface area contributed by atoms with E-state index in [0.717, 1.165) is 37.8 Å². The molecule has 0 aliphatic heterocycles. The van der Waals surface area contributed by atoms with Crippen LogP contribution in [0.4, 0.5) is 0 Å². The number of esters is 3. The van der Waals surface area contributed by atoms with Crippen molar-refractivity contribution in [2.24, 2.45) is 0 Å². The molecule has 0 aromatic carbocycles. The molecule has 0 bridgehead atoms. The van der Waals surface area contributed by atoms with Crippen LogP contribution in [0.15, 0.2) is 12.2 Å². The minimum atomic E-state index is -0.786. The Kier molecular flexibility index (Phi) is 7.08. The molecule has 0 atom stereocenters. The molecule has 1 aliphatic rings. The largest absolute Gasteiger partial charge is 0.459 e. The van der Waals surface area contributed by atoms with Crippen molar-refractivity contribution in [3.63, 3.8) is 0 Å². The first kappa shape index (κ1) is 18.2. The van der Waals surface area contributed by atoms with Gasteiger partial charge in [0.05, 0.1) is 0 Å². The zero-order valence-electron chi connectivity index (χ0n) is 13.4. The number of carbonyl (C=O) groups is 3. The number of carbonyl (C=O) groups excluding carboxylic acids is 3. The molecule has 0 amide bonds. The van der Waals surface area contributed by atoms with Crippen molar-refractivity contribution < 1.29 is 28.6 Å². The fourth-order valence-corrected chi connectivity index (χ4v) is 2.07. The number of rotatable bonds is 5. The van der Waals surface area contributed by atoms with E-state index in [2.05, 4.69) is 4.74 Å². The van der Waals surface area contributed by atoms with Crippen molar-refractivity contribution in [3.05, 3.63) is 12.2 Å². The quantitative estimate of drug-likeness (QED) is 0.440. The summed E-state index contributed by atoms with van der Waals surface area (Å²) < 4.78 is 14.9. The Hall–Kier alpha value is -1.85. The third kappa shape index (κ3) is 8.44. The van der Waals surface area contributed by atoms with Crippen molar-refractivity contribution in [1.82, 2.24) is 0 Å². The average molecular weight is 312 g/mol.